The molecule has 0 bridgehead atoms. The maximum atomic E-state index is 13.2. The van der Waals surface area contributed by atoms with Gasteiger partial charge in [-0.2, -0.15) is 4.98 Å². The van der Waals surface area contributed by atoms with E-state index in [4.69, 9.17) is 14.7 Å². The van der Waals surface area contributed by atoms with Crippen LogP contribution in [0.2, 0.25) is 0 Å². The van der Waals surface area contributed by atoms with Crippen LogP contribution in [0.1, 0.15) is 56.2 Å². The summed E-state index contributed by atoms with van der Waals surface area (Å²) in [5, 5.41) is 3.63. The van der Waals surface area contributed by atoms with Crippen molar-refractivity contribution in [3.05, 3.63) is 41.1 Å². The summed E-state index contributed by atoms with van der Waals surface area (Å²) in [4.78, 5) is 40.3. The van der Waals surface area contributed by atoms with Gasteiger partial charge < -0.3 is 24.8 Å². The Kier molecular flexibility index (Phi) is 6.87. The average Bonchev–Trinajstić information content (AvgIpc) is 3.16. The molecule has 3 heterocycles. The van der Waals surface area contributed by atoms with Crippen LogP contribution >= 0.6 is 0 Å². The summed E-state index contributed by atoms with van der Waals surface area (Å²) in [5.74, 6) is 2.08. The first-order valence-electron chi connectivity index (χ1n) is 12.2. The van der Waals surface area contributed by atoms with Gasteiger partial charge in [0.2, 0.25) is 11.9 Å². The Labute approximate surface area is 207 Å². The zero-order chi connectivity index (χ0) is 25.3. The largest absolute Gasteiger partial charge is 0.496 e. The van der Waals surface area contributed by atoms with Gasteiger partial charge in [0.1, 0.15) is 17.3 Å². The lowest BCUT2D eigenvalue weighted by Crippen LogP contribution is -2.48. The van der Waals surface area contributed by atoms with Crippen molar-refractivity contribution < 1.29 is 14.3 Å². The molecule has 0 spiro atoms. The Hall–Kier alpha value is -3.36. The fourth-order valence-corrected chi connectivity index (χ4v) is 4.75. The van der Waals surface area contributed by atoms with Crippen molar-refractivity contribution in [1.29, 1.82) is 0 Å². The lowest BCUT2D eigenvalue weighted by molar-refractivity contribution is -0.129. The lowest BCUT2D eigenvalue weighted by atomic mass is 9.94. The number of hydrogen-bond donors (Lipinski definition) is 1. The second-order valence-electron chi connectivity index (χ2n) is 10.2. The molecule has 2 aliphatic heterocycles. The third-order valence-corrected chi connectivity index (χ3v) is 6.70. The average molecular weight is 481 g/mol. The van der Waals surface area contributed by atoms with Crippen LogP contribution in [-0.4, -0.2) is 76.5 Å². The van der Waals surface area contributed by atoms with Crippen molar-refractivity contribution in [2.45, 2.75) is 59.2 Å². The zero-order valence-corrected chi connectivity index (χ0v) is 21.6. The molecule has 9 nitrogen and oxygen atoms in total. The first-order chi connectivity index (χ1) is 16.6. The monoisotopic (exact) mass is 480 g/mol. The van der Waals surface area contributed by atoms with Crippen molar-refractivity contribution in [3.63, 3.8) is 0 Å². The van der Waals surface area contributed by atoms with Gasteiger partial charge in [0.05, 0.1) is 13.7 Å². The fourth-order valence-electron chi connectivity index (χ4n) is 4.75. The minimum Gasteiger partial charge on any atom is -0.496 e. The van der Waals surface area contributed by atoms with Crippen molar-refractivity contribution >= 4 is 23.6 Å². The van der Waals surface area contributed by atoms with E-state index in [1.54, 1.807) is 14.0 Å². The summed E-state index contributed by atoms with van der Waals surface area (Å²) in [6, 6.07) is 8.06. The van der Waals surface area contributed by atoms with Crippen LogP contribution in [0.3, 0.4) is 0 Å². The maximum Gasteiger partial charge on any atom is 0.273 e. The number of nitrogens with zero attached hydrogens (tertiary/aromatic N) is 5. The van der Waals surface area contributed by atoms with Crippen LogP contribution in [0.15, 0.2) is 24.3 Å². The molecule has 35 heavy (non-hydrogen) atoms. The second-order valence-corrected chi connectivity index (χ2v) is 10.2. The number of para-hydroxylation sites is 1. The minimum atomic E-state index is -0.365. The van der Waals surface area contributed by atoms with Gasteiger partial charge >= 0.3 is 0 Å². The number of benzene rings is 1. The first-order valence-corrected chi connectivity index (χ1v) is 12.2. The summed E-state index contributed by atoms with van der Waals surface area (Å²) in [5.41, 5.74) is 2.03. The van der Waals surface area contributed by atoms with Crippen molar-refractivity contribution in [2.24, 2.45) is 0 Å². The molecular formula is C26H36N6O3. The smallest absolute Gasteiger partial charge is 0.273 e. The third-order valence-electron chi connectivity index (χ3n) is 6.70. The Morgan fingerprint density at radius 3 is 2.46 bits per heavy atom. The topological polar surface area (TPSA) is 90.9 Å². The first kappa shape index (κ1) is 24.8. The highest BCUT2D eigenvalue weighted by molar-refractivity contribution is 5.98. The van der Waals surface area contributed by atoms with Gasteiger partial charge in [-0.15, -0.1) is 0 Å². The molecule has 0 unspecified atom stereocenters. The van der Waals surface area contributed by atoms with Crippen LogP contribution in [0.5, 0.6) is 5.75 Å². The highest BCUT2D eigenvalue weighted by Crippen LogP contribution is 2.33. The number of piperazine rings is 1. The number of ether oxygens (including phenoxy) is 1. The molecule has 2 amide bonds. The van der Waals surface area contributed by atoms with Crippen LogP contribution < -0.4 is 15.0 Å². The Balaban J connectivity index is 1.66. The molecule has 1 N–H and O–H groups in total. The van der Waals surface area contributed by atoms with Gasteiger partial charge in [-0.3, -0.25) is 9.59 Å². The number of anilines is 2. The van der Waals surface area contributed by atoms with E-state index in [0.29, 0.717) is 56.6 Å². The number of aromatic nitrogens is 2. The molecule has 4 rings (SSSR count). The molecule has 0 radical (unpaired) electrons. The zero-order valence-electron chi connectivity index (χ0n) is 21.6. The number of fused-ring (bicyclic) bond motifs is 1. The number of hydrogen-bond acceptors (Lipinski definition) is 7. The predicted octanol–water partition coefficient (Wildman–Crippen LogP) is 2.95. The van der Waals surface area contributed by atoms with E-state index in [2.05, 4.69) is 30.1 Å². The number of amides is 2. The Morgan fingerprint density at radius 2 is 1.83 bits per heavy atom. The highest BCUT2D eigenvalue weighted by Gasteiger charge is 2.36. The van der Waals surface area contributed by atoms with E-state index in [1.165, 1.54) is 0 Å². The molecule has 1 aromatic heterocycles. The number of carbonyl (C=O) groups is 2. The molecule has 0 saturated carbocycles. The molecule has 0 aliphatic carbocycles. The van der Waals surface area contributed by atoms with Gasteiger partial charge in [0.25, 0.3) is 5.91 Å². The fraction of sp³-hybridized carbons (Fsp3) is 0.538. The molecule has 0 atom stereocenters. The van der Waals surface area contributed by atoms with E-state index in [-0.39, 0.29) is 23.4 Å². The quantitative estimate of drug-likeness (QED) is 0.652. The predicted molar refractivity (Wildman–Crippen MR) is 136 cm³/mol. The molecule has 9 heteroatoms. The molecule has 2 aromatic rings. The van der Waals surface area contributed by atoms with Gasteiger partial charge in [-0.05, 0) is 45.7 Å². The summed E-state index contributed by atoms with van der Waals surface area (Å²) >= 11 is 0. The molecule has 1 aromatic carbocycles. The van der Waals surface area contributed by atoms with E-state index in [9.17, 15) is 9.59 Å². The van der Waals surface area contributed by atoms with Crippen molar-refractivity contribution in [1.82, 2.24) is 19.8 Å². The van der Waals surface area contributed by atoms with Crippen LogP contribution in [0.4, 0.5) is 11.8 Å². The second kappa shape index (κ2) is 9.71. The highest BCUT2D eigenvalue weighted by atomic mass is 16.5. The van der Waals surface area contributed by atoms with E-state index in [1.807, 2.05) is 41.8 Å². The van der Waals surface area contributed by atoms with E-state index in [0.717, 1.165) is 16.9 Å². The number of carbonyl (C=O) groups excluding carboxylic acids is 2. The summed E-state index contributed by atoms with van der Waals surface area (Å²) in [7, 11) is 1.68. The Morgan fingerprint density at radius 1 is 1.14 bits per heavy atom. The number of rotatable bonds is 7. The Bertz CT molecular complexity index is 1110. The SMILES string of the molecule is COc1ccccc1CC(C)(C)Nc1nc(N2CCN(C(C)=O)CC2)nc2c1CN(C(C)C)C2=O. The lowest BCUT2D eigenvalue weighted by Gasteiger charge is -2.35. The van der Waals surface area contributed by atoms with Gasteiger partial charge in [-0.25, -0.2) is 4.98 Å². The van der Waals surface area contributed by atoms with Crippen LogP contribution in [0, 0.1) is 0 Å². The van der Waals surface area contributed by atoms with Crippen molar-refractivity contribution in [2.75, 3.05) is 43.5 Å². The summed E-state index contributed by atoms with van der Waals surface area (Å²) < 4.78 is 5.55. The minimum absolute atomic E-state index is 0.0633. The van der Waals surface area contributed by atoms with Gasteiger partial charge in [0, 0.05) is 50.2 Å². The van der Waals surface area contributed by atoms with Gasteiger partial charge in [0.15, 0.2) is 0 Å². The van der Waals surface area contributed by atoms with Crippen LogP contribution in [0.25, 0.3) is 0 Å². The molecule has 188 valence electrons. The maximum absolute atomic E-state index is 13.2. The molecular weight excluding hydrogens is 444 g/mol. The third kappa shape index (κ3) is 5.18. The van der Waals surface area contributed by atoms with Crippen LogP contribution in [-0.2, 0) is 17.8 Å². The number of nitrogens with one attached hydrogen (secondary N) is 1. The molecule has 2 aliphatic rings. The van der Waals surface area contributed by atoms with Gasteiger partial charge in [-0.1, -0.05) is 18.2 Å². The molecule has 1 saturated heterocycles. The van der Waals surface area contributed by atoms with E-state index < -0.39 is 0 Å². The number of methoxy groups -OCH3 is 1. The summed E-state index contributed by atoms with van der Waals surface area (Å²) in [6.45, 7) is 12.8. The normalized spacial score (nSPS) is 16.1. The van der Waals surface area contributed by atoms with Crippen molar-refractivity contribution in [3.8, 4) is 5.75 Å². The standard InChI is InChI=1S/C26H36N6O3/c1-17(2)32-16-20-22(24(32)34)27-25(31-13-11-30(12-14-31)18(3)33)28-23(20)29-26(4,5)15-19-9-7-8-10-21(19)35-6/h7-10,17H,11-16H2,1-6H3,(H,27,28,29). The summed E-state index contributed by atoms with van der Waals surface area (Å²) in [6.07, 6.45) is 0.713. The van der Waals surface area contributed by atoms with E-state index >= 15 is 0 Å². The molecule has 1 fully saturated rings.